The highest BCUT2D eigenvalue weighted by Crippen LogP contribution is 2.40. The van der Waals surface area contributed by atoms with Crippen molar-refractivity contribution in [3.63, 3.8) is 0 Å². The molecule has 0 aliphatic rings. The molecule has 7 heteroatoms. The van der Waals surface area contributed by atoms with E-state index < -0.39 is 20.8 Å². The molecule has 0 aliphatic heterocycles. The van der Waals surface area contributed by atoms with Gasteiger partial charge in [0.05, 0.1) is 15.4 Å². The second kappa shape index (κ2) is 4.03. The Labute approximate surface area is 107 Å². The molecular weight excluding hydrogens is 287 g/mol. The summed E-state index contributed by atoms with van der Waals surface area (Å²) in [5.74, 6) is -0.681. The Hall–Kier alpha value is -1.01. The van der Waals surface area contributed by atoms with Gasteiger partial charge >= 0.3 is 0 Å². The lowest BCUT2D eigenvalue weighted by atomic mass is 10.1. The van der Waals surface area contributed by atoms with Crippen LogP contribution in [0.25, 0.3) is 10.8 Å². The third kappa shape index (κ3) is 2.07. The zero-order valence-corrected chi connectivity index (χ0v) is 10.5. The maximum atomic E-state index is 11.8. The molecule has 0 fully saturated rings. The minimum atomic E-state index is -4.50. The summed E-state index contributed by atoms with van der Waals surface area (Å²) >= 11 is 11.5. The lowest BCUT2D eigenvalue weighted by Gasteiger charge is -2.07. The minimum Gasteiger partial charge on any atom is -0.288 e. The van der Waals surface area contributed by atoms with Crippen molar-refractivity contribution in [1.82, 2.24) is 0 Å². The minimum absolute atomic E-state index is 0.148. The van der Waals surface area contributed by atoms with Gasteiger partial charge in [-0.1, -0.05) is 35.3 Å². The van der Waals surface area contributed by atoms with Crippen molar-refractivity contribution in [2.75, 3.05) is 0 Å². The summed E-state index contributed by atoms with van der Waals surface area (Å²) in [4.78, 5) is -0.496. The van der Waals surface area contributed by atoms with Crippen molar-refractivity contribution >= 4 is 44.1 Å². The van der Waals surface area contributed by atoms with Gasteiger partial charge in [-0.25, -0.2) is 0 Å². The number of rotatable bonds is 1. The Morgan fingerprint density at radius 1 is 1.12 bits per heavy atom. The SMILES string of the molecule is [O]c1c(Cl)cc(Cl)c2cccc(S(=O)(=O)O)c12. The quantitative estimate of drug-likeness (QED) is 0.817. The van der Waals surface area contributed by atoms with E-state index in [4.69, 9.17) is 27.8 Å². The molecule has 0 spiro atoms. The molecule has 0 aliphatic carbocycles. The van der Waals surface area contributed by atoms with Gasteiger partial charge < -0.3 is 0 Å². The van der Waals surface area contributed by atoms with Crippen LogP contribution in [0.1, 0.15) is 0 Å². The standard InChI is InChI=1S/C10H5Cl2O4S/c11-6-4-7(12)10(13)9-5(6)2-1-3-8(9)17(14,15)16/h1-4H,(H,14,15,16). The molecule has 1 radical (unpaired) electrons. The van der Waals surface area contributed by atoms with Crippen LogP contribution in [0.3, 0.4) is 0 Å². The van der Waals surface area contributed by atoms with Crippen LogP contribution >= 0.6 is 23.2 Å². The lowest BCUT2D eigenvalue weighted by molar-refractivity contribution is 0.359. The summed E-state index contributed by atoms with van der Waals surface area (Å²) in [5, 5.41) is 11.8. The van der Waals surface area contributed by atoms with Crippen LogP contribution in [0.15, 0.2) is 29.2 Å². The lowest BCUT2D eigenvalue weighted by Crippen LogP contribution is -1.99. The fourth-order valence-electron chi connectivity index (χ4n) is 1.55. The summed E-state index contributed by atoms with van der Waals surface area (Å²) in [7, 11) is -4.50. The number of fused-ring (bicyclic) bond motifs is 1. The van der Waals surface area contributed by atoms with Gasteiger partial charge in [-0.05, 0) is 12.1 Å². The highest BCUT2D eigenvalue weighted by Gasteiger charge is 2.20. The predicted octanol–water partition coefficient (Wildman–Crippen LogP) is 3.54. The molecule has 0 atom stereocenters. The fourth-order valence-corrected chi connectivity index (χ4v) is 2.79. The number of hydrogen-bond acceptors (Lipinski definition) is 2. The molecule has 0 amide bonds. The Morgan fingerprint density at radius 2 is 1.76 bits per heavy atom. The van der Waals surface area contributed by atoms with E-state index in [1.807, 2.05) is 0 Å². The van der Waals surface area contributed by atoms with E-state index in [0.717, 1.165) is 6.07 Å². The van der Waals surface area contributed by atoms with Crippen molar-refractivity contribution in [1.29, 1.82) is 0 Å². The van der Waals surface area contributed by atoms with Crippen molar-refractivity contribution in [3.8, 4) is 5.75 Å². The van der Waals surface area contributed by atoms with Crippen LogP contribution in [0.2, 0.25) is 10.0 Å². The first-order valence-corrected chi connectivity index (χ1v) is 6.57. The molecule has 0 unspecified atom stereocenters. The zero-order valence-electron chi connectivity index (χ0n) is 8.15. The third-order valence-corrected chi connectivity index (χ3v) is 3.75. The average molecular weight is 292 g/mol. The van der Waals surface area contributed by atoms with Gasteiger partial charge in [-0.3, -0.25) is 9.66 Å². The first-order valence-electron chi connectivity index (χ1n) is 4.37. The molecular formula is C10H5Cl2O4S. The summed E-state index contributed by atoms with van der Waals surface area (Å²) in [6.45, 7) is 0. The van der Waals surface area contributed by atoms with E-state index >= 15 is 0 Å². The maximum Gasteiger partial charge on any atom is 0.295 e. The van der Waals surface area contributed by atoms with Gasteiger partial charge in [-0.15, -0.1) is 0 Å². The smallest absolute Gasteiger partial charge is 0.288 e. The van der Waals surface area contributed by atoms with E-state index in [1.54, 1.807) is 0 Å². The molecule has 2 aromatic rings. The van der Waals surface area contributed by atoms with E-state index in [1.165, 1.54) is 18.2 Å². The van der Waals surface area contributed by atoms with E-state index in [-0.39, 0.29) is 20.8 Å². The van der Waals surface area contributed by atoms with Gasteiger partial charge in [0.1, 0.15) is 4.90 Å². The number of halogens is 2. The number of benzene rings is 2. The van der Waals surface area contributed by atoms with E-state index in [0.29, 0.717) is 0 Å². The van der Waals surface area contributed by atoms with Crippen LogP contribution in [-0.4, -0.2) is 13.0 Å². The second-order valence-electron chi connectivity index (χ2n) is 3.32. The van der Waals surface area contributed by atoms with Crippen LogP contribution in [0.4, 0.5) is 0 Å². The van der Waals surface area contributed by atoms with Crippen LogP contribution in [-0.2, 0) is 15.2 Å². The van der Waals surface area contributed by atoms with Gasteiger partial charge in [0.2, 0.25) is 5.75 Å². The maximum absolute atomic E-state index is 11.8. The van der Waals surface area contributed by atoms with Gasteiger partial charge in [-0.2, -0.15) is 8.42 Å². The summed E-state index contributed by atoms with van der Waals surface area (Å²) in [6.07, 6.45) is 0. The van der Waals surface area contributed by atoms with Crippen LogP contribution in [0.5, 0.6) is 5.75 Å². The predicted molar refractivity (Wildman–Crippen MR) is 63.9 cm³/mol. The third-order valence-electron chi connectivity index (χ3n) is 2.26. The van der Waals surface area contributed by atoms with Crippen molar-refractivity contribution in [2.45, 2.75) is 4.90 Å². The van der Waals surface area contributed by atoms with Gasteiger partial charge in [0.15, 0.2) is 0 Å². The summed E-state index contributed by atoms with van der Waals surface area (Å²) in [6, 6.07) is 5.21. The fraction of sp³-hybridized carbons (Fsp3) is 0. The van der Waals surface area contributed by atoms with E-state index in [2.05, 4.69) is 0 Å². The normalized spacial score (nSPS) is 11.9. The molecule has 2 rings (SSSR count). The second-order valence-corrected chi connectivity index (χ2v) is 5.53. The molecule has 0 saturated heterocycles. The molecule has 0 bridgehead atoms. The molecule has 1 N–H and O–H groups in total. The molecule has 0 heterocycles. The molecule has 4 nitrogen and oxygen atoms in total. The monoisotopic (exact) mass is 291 g/mol. The Morgan fingerprint density at radius 3 is 2.35 bits per heavy atom. The summed E-state index contributed by atoms with van der Waals surface area (Å²) < 4.78 is 31.3. The van der Waals surface area contributed by atoms with E-state index in [9.17, 15) is 13.5 Å². The first-order chi connectivity index (χ1) is 7.82. The van der Waals surface area contributed by atoms with Gasteiger partial charge in [0, 0.05) is 5.39 Å². The van der Waals surface area contributed by atoms with Crippen LogP contribution in [0, 0.1) is 0 Å². The topological polar surface area (TPSA) is 74.3 Å². The van der Waals surface area contributed by atoms with Crippen molar-refractivity contribution < 1.29 is 18.1 Å². The Kier molecular flexibility index (Phi) is 2.95. The molecule has 0 aromatic heterocycles. The van der Waals surface area contributed by atoms with Crippen molar-refractivity contribution in [2.24, 2.45) is 0 Å². The Bertz CT molecular complexity index is 710. The molecule has 89 valence electrons. The molecule has 17 heavy (non-hydrogen) atoms. The first kappa shape index (κ1) is 12.4. The largest absolute Gasteiger partial charge is 0.295 e. The highest BCUT2D eigenvalue weighted by molar-refractivity contribution is 7.86. The molecule has 2 aromatic carbocycles. The average Bonchev–Trinajstić information content (AvgIpc) is 2.24. The molecule has 0 saturated carbocycles. The number of hydrogen-bond donors (Lipinski definition) is 1. The zero-order chi connectivity index (χ0) is 12.8. The summed E-state index contributed by atoms with van der Waals surface area (Å²) in [5.41, 5.74) is 0. The van der Waals surface area contributed by atoms with Crippen molar-refractivity contribution in [3.05, 3.63) is 34.3 Å². The van der Waals surface area contributed by atoms with Gasteiger partial charge in [0.25, 0.3) is 10.1 Å². The van der Waals surface area contributed by atoms with Crippen LogP contribution < -0.4 is 0 Å². The Balaban J connectivity index is 3.09. The highest BCUT2D eigenvalue weighted by atomic mass is 35.5.